The number of fused-ring (bicyclic) bond motifs is 1. The van der Waals surface area contributed by atoms with Crippen molar-refractivity contribution >= 4 is 23.6 Å². The summed E-state index contributed by atoms with van der Waals surface area (Å²) >= 11 is 0. The van der Waals surface area contributed by atoms with E-state index in [9.17, 15) is 24.3 Å². The highest BCUT2D eigenvalue weighted by Crippen LogP contribution is 2.42. The van der Waals surface area contributed by atoms with Crippen LogP contribution in [0.3, 0.4) is 0 Å². The summed E-state index contributed by atoms with van der Waals surface area (Å²) < 4.78 is 11.3. The number of nitrogens with one attached hydrogen (secondary N) is 2. The number of aryl methyl sites for hydroxylation is 2. The Kier molecular flexibility index (Phi) is 7.53. The van der Waals surface area contributed by atoms with E-state index < -0.39 is 40.2 Å². The Morgan fingerprint density at radius 3 is 2.58 bits per heavy atom. The van der Waals surface area contributed by atoms with Crippen molar-refractivity contribution in [2.45, 2.75) is 76.9 Å². The topological polar surface area (TPSA) is 138 Å². The predicted octanol–water partition coefficient (Wildman–Crippen LogP) is 3.38. The van der Waals surface area contributed by atoms with Crippen LogP contribution in [0.25, 0.3) is 0 Å². The minimum absolute atomic E-state index is 0.0270. The summed E-state index contributed by atoms with van der Waals surface area (Å²) in [5.41, 5.74) is -0.589. The standard InChI is InChI=1S/C28H35N3O7/c1-17-15-21(32)23(34)24(37-17)28(11-13-31(14-12-28)26(36)38-27(2,3)4)16-22(33)29-20-10-9-18-7-5-6-8-19(18)30-25(20)35/h5-8,15,20,34H,9-14,16H2,1-4H3,(H,29,33)(H,30,35). The monoisotopic (exact) mass is 525 g/mol. The maximum absolute atomic E-state index is 13.4. The molecule has 2 aliphatic heterocycles. The van der Waals surface area contributed by atoms with E-state index in [-0.39, 0.29) is 44.0 Å². The number of carbonyl (C=O) groups excluding carboxylic acids is 3. The molecular weight excluding hydrogens is 490 g/mol. The predicted molar refractivity (Wildman–Crippen MR) is 140 cm³/mol. The zero-order valence-electron chi connectivity index (χ0n) is 22.3. The van der Waals surface area contributed by atoms with Crippen LogP contribution < -0.4 is 16.1 Å². The summed E-state index contributed by atoms with van der Waals surface area (Å²) in [6.07, 6.45) is 0.942. The van der Waals surface area contributed by atoms with Crippen LogP contribution in [0.5, 0.6) is 5.75 Å². The number of rotatable bonds is 4. The zero-order valence-corrected chi connectivity index (χ0v) is 22.3. The van der Waals surface area contributed by atoms with Crippen molar-refractivity contribution in [3.05, 3.63) is 57.6 Å². The number of hydrogen-bond acceptors (Lipinski definition) is 7. The maximum Gasteiger partial charge on any atom is 0.410 e. The fourth-order valence-corrected chi connectivity index (χ4v) is 5.09. The summed E-state index contributed by atoms with van der Waals surface area (Å²) in [6.45, 7) is 7.42. The van der Waals surface area contributed by atoms with Crippen LogP contribution in [0.2, 0.25) is 0 Å². The molecule has 3 heterocycles. The van der Waals surface area contributed by atoms with E-state index in [1.165, 1.54) is 6.07 Å². The molecule has 0 spiro atoms. The Morgan fingerprint density at radius 1 is 1.21 bits per heavy atom. The van der Waals surface area contributed by atoms with Crippen molar-refractivity contribution in [2.24, 2.45) is 0 Å². The molecule has 1 saturated heterocycles. The molecule has 0 bridgehead atoms. The molecule has 3 amide bonds. The summed E-state index contributed by atoms with van der Waals surface area (Å²) in [6, 6.07) is 7.96. The molecule has 2 aliphatic rings. The largest absolute Gasteiger partial charge is 0.502 e. The molecule has 1 unspecified atom stereocenters. The highest BCUT2D eigenvalue weighted by molar-refractivity contribution is 5.98. The molecule has 0 saturated carbocycles. The molecule has 0 aliphatic carbocycles. The molecule has 1 atom stereocenters. The molecule has 4 rings (SSSR count). The minimum Gasteiger partial charge on any atom is -0.502 e. The maximum atomic E-state index is 13.4. The fraction of sp³-hybridized carbons (Fsp3) is 0.500. The van der Waals surface area contributed by atoms with Gasteiger partial charge in [-0.15, -0.1) is 0 Å². The second-order valence-electron chi connectivity index (χ2n) is 11.1. The van der Waals surface area contributed by atoms with Gasteiger partial charge < -0.3 is 29.8 Å². The number of amides is 3. The van der Waals surface area contributed by atoms with Crippen molar-refractivity contribution in [2.75, 3.05) is 18.4 Å². The van der Waals surface area contributed by atoms with Crippen LogP contribution in [0, 0.1) is 6.92 Å². The number of hydrogen-bond donors (Lipinski definition) is 3. The highest BCUT2D eigenvalue weighted by atomic mass is 16.6. The lowest BCUT2D eigenvalue weighted by Crippen LogP contribution is -2.50. The van der Waals surface area contributed by atoms with Crippen molar-refractivity contribution in [1.82, 2.24) is 10.2 Å². The van der Waals surface area contributed by atoms with E-state index in [1.54, 1.807) is 32.6 Å². The second kappa shape index (κ2) is 10.5. The minimum atomic E-state index is -1.05. The average molecular weight is 526 g/mol. The van der Waals surface area contributed by atoms with E-state index in [0.717, 1.165) is 11.3 Å². The van der Waals surface area contributed by atoms with Gasteiger partial charge in [0, 0.05) is 36.7 Å². The van der Waals surface area contributed by atoms with Gasteiger partial charge in [-0.3, -0.25) is 14.4 Å². The molecule has 10 nitrogen and oxygen atoms in total. The SMILES string of the molecule is Cc1cc(=O)c(O)c(C2(CC(=O)NC3CCc4ccccc4NC3=O)CCN(C(=O)OC(C)(C)C)CC2)o1. The second-order valence-corrected chi connectivity index (χ2v) is 11.1. The van der Waals surface area contributed by atoms with E-state index in [2.05, 4.69) is 10.6 Å². The van der Waals surface area contributed by atoms with Crippen molar-refractivity contribution in [1.29, 1.82) is 0 Å². The first-order valence-electron chi connectivity index (χ1n) is 12.9. The number of piperidine rings is 1. The molecular formula is C28H35N3O7. The van der Waals surface area contributed by atoms with E-state index in [4.69, 9.17) is 9.15 Å². The summed E-state index contributed by atoms with van der Waals surface area (Å²) in [4.78, 5) is 52.8. The van der Waals surface area contributed by atoms with Crippen LogP contribution in [-0.4, -0.2) is 52.6 Å². The number of anilines is 1. The Morgan fingerprint density at radius 2 is 1.89 bits per heavy atom. The summed E-state index contributed by atoms with van der Waals surface area (Å²) in [5.74, 6) is -0.929. The van der Waals surface area contributed by atoms with Gasteiger partial charge in [-0.2, -0.15) is 0 Å². The van der Waals surface area contributed by atoms with Gasteiger partial charge in [0.1, 0.15) is 17.4 Å². The van der Waals surface area contributed by atoms with Crippen molar-refractivity contribution in [3.63, 3.8) is 0 Å². The normalized spacial score (nSPS) is 19.1. The Bertz CT molecular complexity index is 1290. The summed E-state index contributed by atoms with van der Waals surface area (Å²) in [5, 5.41) is 16.4. The Hall–Kier alpha value is -3.82. The van der Waals surface area contributed by atoms with Crippen LogP contribution in [0.1, 0.15) is 63.5 Å². The number of likely N-dealkylation sites (tertiary alicyclic amines) is 1. The molecule has 10 heteroatoms. The lowest BCUT2D eigenvalue weighted by Gasteiger charge is -2.41. The molecule has 1 aromatic heterocycles. The third kappa shape index (κ3) is 6.00. The molecule has 204 valence electrons. The lowest BCUT2D eigenvalue weighted by molar-refractivity contribution is -0.128. The number of benzene rings is 1. The Balaban J connectivity index is 1.55. The molecule has 1 aromatic carbocycles. The number of para-hydroxylation sites is 1. The summed E-state index contributed by atoms with van der Waals surface area (Å²) in [7, 11) is 0. The first-order chi connectivity index (χ1) is 17.9. The van der Waals surface area contributed by atoms with Gasteiger partial charge >= 0.3 is 6.09 Å². The molecule has 38 heavy (non-hydrogen) atoms. The Labute approximate surface area is 221 Å². The van der Waals surface area contributed by atoms with Crippen molar-refractivity contribution < 1.29 is 28.6 Å². The zero-order chi connectivity index (χ0) is 27.7. The van der Waals surface area contributed by atoms with Gasteiger partial charge in [-0.05, 0) is 65.0 Å². The van der Waals surface area contributed by atoms with Gasteiger partial charge in [-0.25, -0.2) is 4.79 Å². The van der Waals surface area contributed by atoms with E-state index in [0.29, 0.717) is 18.6 Å². The number of aromatic hydroxyl groups is 1. The smallest absolute Gasteiger partial charge is 0.410 e. The quantitative estimate of drug-likeness (QED) is 0.556. The van der Waals surface area contributed by atoms with Crippen LogP contribution in [0.15, 0.2) is 39.5 Å². The average Bonchev–Trinajstić information content (AvgIpc) is 2.99. The fourth-order valence-electron chi connectivity index (χ4n) is 5.09. The van der Waals surface area contributed by atoms with E-state index >= 15 is 0 Å². The molecule has 1 fully saturated rings. The third-order valence-electron chi connectivity index (χ3n) is 7.03. The van der Waals surface area contributed by atoms with Gasteiger partial charge in [0.15, 0.2) is 5.76 Å². The van der Waals surface area contributed by atoms with Crippen LogP contribution in [0.4, 0.5) is 10.5 Å². The third-order valence-corrected chi connectivity index (χ3v) is 7.03. The first kappa shape index (κ1) is 27.2. The number of nitrogens with zero attached hydrogens (tertiary/aromatic N) is 1. The van der Waals surface area contributed by atoms with E-state index in [1.807, 2.05) is 24.3 Å². The van der Waals surface area contributed by atoms with Gasteiger partial charge in [0.05, 0.1) is 0 Å². The van der Waals surface area contributed by atoms with Crippen LogP contribution >= 0.6 is 0 Å². The molecule has 2 aromatic rings. The number of ether oxygens (including phenoxy) is 1. The van der Waals surface area contributed by atoms with Gasteiger partial charge in [0.2, 0.25) is 23.0 Å². The number of carbonyl (C=O) groups is 3. The van der Waals surface area contributed by atoms with Crippen molar-refractivity contribution in [3.8, 4) is 5.75 Å². The van der Waals surface area contributed by atoms with Gasteiger partial charge in [-0.1, -0.05) is 18.2 Å². The van der Waals surface area contributed by atoms with Gasteiger partial charge in [0.25, 0.3) is 0 Å². The van der Waals surface area contributed by atoms with Crippen LogP contribution in [-0.2, 0) is 26.2 Å². The molecule has 3 N–H and O–H groups in total. The highest BCUT2D eigenvalue weighted by Gasteiger charge is 2.45. The first-order valence-corrected chi connectivity index (χ1v) is 12.9. The lowest BCUT2D eigenvalue weighted by atomic mass is 9.72. The molecule has 0 radical (unpaired) electrons.